The first-order valence-electron chi connectivity index (χ1n) is 12.3. The molecule has 2 aliphatic heterocycles. The number of amides is 2. The zero-order valence-electron chi connectivity index (χ0n) is 20.0. The number of hydrogen-bond acceptors (Lipinski definition) is 5. The van der Waals surface area contributed by atoms with E-state index in [9.17, 15) is 9.59 Å². The molecule has 0 aliphatic carbocycles. The van der Waals surface area contributed by atoms with Gasteiger partial charge in [-0.3, -0.25) is 9.59 Å². The average Bonchev–Trinajstić information content (AvgIpc) is 3.15. The van der Waals surface area contributed by atoms with E-state index in [0.717, 1.165) is 62.6 Å². The number of piperidine rings is 1. The van der Waals surface area contributed by atoms with Crippen molar-refractivity contribution in [3.05, 3.63) is 54.6 Å². The van der Waals surface area contributed by atoms with E-state index in [1.807, 2.05) is 52.3 Å². The van der Waals surface area contributed by atoms with E-state index in [4.69, 9.17) is 9.47 Å². The molecule has 2 aliphatic rings. The normalized spacial score (nSPS) is 18.9. The number of para-hydroxylation sites is 1. The molecule has 2 fully saturated rings. The molecule has 0 aromatic heterocycles. The van der Waals surface area contributed by atoms with Gasteiger partial charge in [-0.15, -0.1) is 0 Å². The molecule has 7 heteroatoms. The van der Waals surface area contributed by atoms with Crippen LogP contribution in [0.2, 0.25) is 0 Å². The molecule has 0 radical (unpaired) electrons. The lowest BCUT2D eigenvalue weighted by molar-refractivity contribution is -0.141. The molecule has 2 amide bonds. The number of anilines is 1. The maximum absolute atomic E-state index is 13.3. The number of carbonyl (C=O) groups excluding carboxylic acids is 2. The van der Waals surface area contributed by atoms with Crippen LogP contribution in [0.4, 0.5) is 5.69 Å². The number of carbonyl (C=O) groups is 2. The minimum atomic E-state index is -0.111. The first-order chi connectivity index (χ1) is 16.6. The third kappa shape index (κ3) is 6.22. The molecule has 1 atom stereocenters. The van der Waals surface area contributed by atoms with Gasteiger partial charge in [0.2, 0.25) is 11.8 Å². The maximum atomic E-state index is 13.3. The van der Waals surface area contributed by atoms with Gasteiger partial charge in [-0.1, -0.05) is 18.2 Å². The third-order valence-electron chi connectivity index (χ3n) is 6.70. The second-order valence-electron chi connectivity index (χ2n) is 8.95. The number of benzene rings is 2. The fourth-order valence-electron chi connectivity index (χ4n) is 4.78. The van der Waals surface area contributed by atoms with Crippen LogP contribution in [-0.2, 0) is 9.59 Å². The molecule has 2 aromatic rings. The molecule has 0 spiro atoms. The molecule has 182 valence electrons. The predicted molar refractivity (Wildman–Crippen MR) is 132 cm³/mol. The summed E-state index contributed by atoms with van der Waals surface area (Å²) in [5, 5.41) is 0. The standard InChI is InChI=1S/C27H35N3O4/c1-33-24-12-10-23(11-13-24)28-16-6-17-29(19-18-28)27(32)22-7-5-15-30(21-22)26(31)14-20-34-25-8-3-2-4-9-25/h2-4,8-13,22H,5-7,14-21H2,1H3. The molecule has 2 heterocycles. The van der Waals surface area contributed by atoms with E-state index in [0.29, 0.717) is 26.1 Å². The van der Waals surface area contributed by atoms with Crippen molar-refractivity contribution >= 4 is 17.5 Å². The highest BCUT2D eigenvalue weighted by atomic mass is 16.5. The van der Waals surface area contributed by atoms with Gasteiger partial charge in [0, 0.05) is 45.0 Å². The van der Waals surface area contributed by atoms with E-state index in [1.54, 1.807) is 7.11 Å². The van der Waals surface area contributed by atoms with Crippen LogP contribution < -0.4 is 14.4 Å². The zero-order chi connectivity index (χ0) is 23.8. The lowest BCUT2D eigenvalue weighted by Crippen LogP contribution is -2.47. The van der Waals surface area contributed by atoms with E-state index >= 15 is 0 Å². The summed E-state index contributed by atoms with van der Waals surface area (Å²) in [5.41, 5.74) is 1.15. The molecule has 0 bridgehead atoms. The molecule has 1 unspecified atom stereocenters. The number of methoxy groups -OCH3 is 1. The van der Waals surface area contributed by atoms with Crippen molar-refractivity contribution in [2.75, 3.05) is 57.9 Å². The molecular weight excluding hydrogens is 430 g/mol. The molecule has 2 aromatic carbocycles. The number of hydrogen-bond donors (Lipinski definition) is 0. The fraction of sp³-hybridized carbons (Fsp3) is 0.481. The lowest BCUT2D eigenvalue weighted by atomic mass is 9.96. The Kier molecular flexibility index (Phi) is 8.28. The van der Waals surface area contributed by atoms with Crippen molar-refractivity contribution in [3.8, 4) is 11.5 Å². The maximum Gasteiger partial charge on any atom is 0.227 e. The van der Waals surface area contributed by atoms with Crippen LogP contribution in [0.15, 0.2) is 54.6 Å². The van der Waals surface area contributed by atoms with Crippen LogP contribution in [0, 0.1) is 5.92 Å². The van der Waals surface area contributed by atoms with Gasteiger partial charge in [0.05, 0.1) is 26.1 Å². The van der Waals surface area contributed by atoms with Crippen molar-refractivity contribution in [2.45, 2.75) is 25.7 Å². The van der Waals surface area contributed by atoms with Crippen molar-refractivity contribution in [1.29, 1.82) is 0 Å². The van der Waals surface area contributed by atoms with Crippen LogP contribution in [0.25, 0.3) is 0 Å². The summed E-state index contributed by atoms with van der Waals surface area (Å²) >= 11 is 0. The Morgan fingerprint density at radius 3 is 2.38 bits per heavy atom. The first-order valence-corrected chi connectivity index (χ1v) is 12.3. The molecule has 0 N–H and O–H groups in total. The van der Waals surface area contributed by atoms with E-state index in [-0.39, 0.29) is 17.7 Å². The minimum Gasteiger partial charge on any atom is -0.497 e. The van der Waals surface area contributed by atoms with Gasteiger partial charge in [-0.2, -0.15) is 0 Å². The van der Waals surface area contributed by atoms with Crippen LogP contribution in [0.1, 0.15) is 25.7 Å². The zero-order valence-corrected chi connectivity index (χ0v) is 20.0. The number of ether oxygens (including phenoxy) is 2. The van der Waals surface area contributed by atoms with Gasteiger partial charge >= 0.3 is 0 Å². The second kappa shape index (κ2) is 11.8. The van der Waals surface area contributed by atoms with Crippen LogP contribution in [-0.4, -0.2) is 74.6 Å². The summed E-state index contributed by atoms with van der Waals surface area (Å²) in [6.07, 6.45) is 2.98. The van der Waals surface area contributed by atoms with Gasteiger partial charge < -0.3 is 24.2 Å². The monoisotopic (exact) mass is 465 g/mol. The van der Waals surface area contributed by atoms with Gasteiger partial charge in [0.25, 0.3) is 0 Å². The smallest absolute Gasteiger partial charge is 0.227 e. The topological polar surface area (TPSA) is 62.3 Å². The van der Waals surface area contributed by atoms with Crippen LogP contribution >= 0.6 is 0 Å². The van der Waals surface area contributed by atoms with Gasteiger partial charge in [0.1, 0.15) is 11.5 Å². The lowest BCUT2D eigenvalue weighted by Gasteiger charge is -2.35. The first kappa shape index (κ1) is 23.9. The molecule has 34 heavy (non-hydrogen) atoms. The minimum absolute atomic E-state index is 0.0648. The van der Waals surface area contributed by atoms with E-state index < -0.39 is 0 Å². The Bertz CT molecular complexity index is 935. The quantitative estimate of drug-likeness (QED) is 0.627. The van der Waals surface area contributed by atoms with E-state index in [1.165, 1.54) is 0 Å². The van der Waals surface area contributed by atoms with Crippen molar-refractivity contribution in [1.82, 2.24) is 9.80 Å². The Labute approximate surface area is 202 Å². The summed E-state index contributed by atoms with van der Waals surface area (Å²) in [7, 11) is 1.67. The summed E-state index contributed by atoms with van der Waals surface area (Å²) < 4.78 is 10.9. The summed E-state index contributed by atoms with van der Waals surface area (Å²) in [5.74, 6) is 1.76. The van der Waals surface area contributed by atoms with Crippen LogP contribution in [0.5, 0.6) is 11.5 Å². The Morgan fingerprint density at radius 2 is 1.62 bits per heavy atom. The number of nitrogens with zero attached hydrogens (tertiary/aromatic N) is 3. The average molecular weight is 466 g/mol. The summed E-state index contributed by atoms with van der Waals surface area (Å²) in [6.45, 7) is 4.80. The highest BCUT2D eigenvalue weighted by Crippen LogP contribution is 2.23. The Hall–Kier alpha value is -3.22. The third-order valence-corrected chi connectivity index (χ3v) is 6.70. The molecular formula is C27H35N3O4. The Morgan fingerprint density at radius 1 is 0.853 bits per heavy atom. The SMILES string of the molecule is COc1ccc(N2CCCN(C(=O)C3CCCN(C(=O)CCOc4ccccc4)C3)CC2)cc1. The van der Waals surface area contributed by atoms with Gasteiger partial charge in [0.15, 0.2) is 0 Å². The van der Waals surface area contributed by atoms with Gasteiger partial charge in [-0.25, -0.2) is 0 Å². The van der Waals surface area contributed by atoms with Crippen molar-refractivity contribution in [2.24, 2.45) is 5.92 Å². The molecule has 4 rings (SSSR count). The molecule has 0 saturated carbocycles. The predicted octanol–water partition coefficient (Wildman–Crippen LogP) is 3.44. The highest BCUT2D eigenvalue weighted by Gasteiger charge is 2.32. The number of rotatable bonds is 7. The Balaban J connectivity index is 1.26. The van der Waals surface area contributed by atoms with Crippen molar-refractivity contribution < 1.29 is 19.1 Å². The number of likely N-dealkylation sites (tertiary alicyclic amines) is 1. The molecule has 7 nitrogen and oxygen atoms in total. The fourth-order valence-corrected chi connectivity index (χ4v) is 4.78. The second-order valence-corrected chi connectivity index (χ2v) is 8.95. The van der Waals surface area contributed by atoms with Gasteiger partial charge in [-0.05, 0) is 55.7 Å². The van der Waals surface area contributed by atoms with Crippen LogP contribution in [0.3, 0.4) is 0 Å². The highest BCUT2D eigenvalue weighted by molar-refractivity contribution is 5.81. The van der Waals surface area contributed by atoms with E-state index in [2.05, 4.69) is 17.0 Å². The molecule has 2 saturated heterocycles. The largest absolute Gasteiger partial charge is 0.497 e. The summed E-state index contributed by atoms with van der Waals surface area (Å²) in [6, 6.07) is 17.6. The van der Waals surface area contributed by atoms with Crippen molar-refractivity contribution in [3.63, 3.8) is 0 Å². The summed E-state index contributed by atoms with van der Waals surface area (Å²) in [4.78, 5) is 32.2.